The van der Waals surface area contributed by atoms with E-state index in [0.29, 0.717) is 177 Å². The van der Waals surface area contributed by atoms with Crippen molar-refractivity contribution < 1.29 is 95.0 Å². The van der Waals surface area contributed by atoms with Gasteiger partial charge >= 0.3 is 6.09 Å². The van der Waals surface area contributed by atoms with Gasteiger partial charge in [0.15, 0.2) is 0 Å². The first-order chi connectivity index (χ1) is 44.0. The first-order valence-corrected chi connectivity index (χ1v) is 32.7. The monoisotopic (exact) mass is 1300 g/mol. The summed E-state index contributed by atoms with van der Waals surface area (Å²) in [5.74, 6) is -2.02. The number of benzene rings is 1. The summed E-state index contributed by atoms with van der Waals surface area (Å²) < 4.78 is 83.6. The third kappa shape index (κ3) is 34.7. The van der Waals surface area contributed by atoms with Crippen LogP contribution in [0, 0.1) is 23.7 Å². The Labute approximate surface area is 543 Å². The van der Waals surface area contributed by atoms with Crippen LogP contribution in [0.25, 0.3) is 0 Å². The molecule has 4 N–H and O–H groups in total. The minimum absolute atomic E-state index is 0.00466. The summed E-state index contributed by atoms with van der Waals surface area (Å²) >= 11 is 0. The minimum Gasteiger partial charge on any atom is -0.439 e. The molecule has 1 saturated heterocycles. The molecule has 2 rings (SSSR count). The van der Waals surface area contributed by atoms with Crippen LogP contribution in [0.5, 0.6) is 0 Å². The maximum Gasteiger partial charge on any atom is 0.407 e. The van der Waals surface area contributed by atoms with Crippen LogP contribution in [0.1, 0.15) is 92.7 Å². The van der Waals surface area contributed by atoms with Crippen molar-refractivity contribution in [3.8, 4) is 0 Å². The molecule has 528 valence electrons. The SMILES string of the molecule is CC[C@H](C)[C@@H]([C@@H](CC(=O)N1CCC[C@H]1[C@H](OC)[C@@H](C)C(=O)N[C@H](C)[C@@H](OC(=O)NCCOCCOCCOCCOCCOCCOCCOCCOCCOCCOCCOCCOC)c1ccccc1)OC)N(C)C(=O)[C@@H](NC(=O)[C@@H](NC)C(C)C)C(C)C. The highest BCUT2D eigenvalue weighted by Crippen LogP contribution is 2.30. The predicted molar refractivity (Wildman–Crippen MR) is 343 cm³/mol. The third-order valence-corrected chi connectivity index (χ3v) is 15.6. The number of carbonyl (C=O) groups is 5. The Balaban J connectivity index is 1.67. The molecule has 1 aromatic rings. The molecule has 0 aromatic heterocycles. The molecular weight excluding hydrogens is 1180 g/mol. The zero-order valence-electron chi connectivity index (χ0n) is 57.4. The molecular formula is C65H118N6O20. The van der Waals surface area contributed by atoms with Crippen LogP contribution in [0.2, 0.25) is 0 Å². The lowest BCUT2D eigenvalue weighted by Crippen LogP contribution is -2.59. The molecule has 26 nitrogen and oxygen atoms in total. The lowest BCUT2D eigenvalue weighted by Gasteiger charge is -2.41. The Morgan fingerprint density at radius 3 is 1.41 bits per heavy atom. The molecule has 1 aromatic carbocycles. The number of likely N-dealkylation sites (tertiary alicyclic amines) is 1. The van der Waals surface area contributed by atoms with E-state index in [1.807, 2.05) is 71.9 Å². The van der Waals surface area contributed by atoms with E-state index in [9.17, 15) is 24.0 Å². The molecule has 1 heterocycles. The van der Waals surface area contributed by atoms with Crippen molar-refractivity contribution >= 4 is 29.7 Å². The largest absolute Gasteiger partial charge is 0.439 e. The lowest BCUT2D eigenvalue weighted by molar-refractivity contribution is -0.148. The highest BCUT2D eigenvalue weighted by Gasteiger charge is 2.43. The van der Waals surface area contributed by atoms with Crippen LogP contribution in [0.15, 0.2) is 30.3 Å². The standard InChI is InChI=1S/C65H118N6O20/c1-14-50(6)59(70(10)64(75)58(49(4)5)69-63(74)57(66-9)48(2)3)55(78-12)47-56(72)71-23-18-21-54(71)60(79-13)51(7)62(73)68-52(8)61(53-19-16-15-17-20-53)91-65(76)67-22-24-80-27-28-82-31-32-84-35-36-86-39-40-88-43-44-90-46-45-89-42-41-87-38-37-85-34-33-83-30-29-81-26-25-77-11/h15-17,19-20,48-52,54-55,57-61,66H,14,18,21-47H2,1-13H3,(H,67,76)(H,68,73)(H,69,74)/t50-,51+,52+,54-,55+,57-,58-,59-,60+,61+/m0/s1. The number of rotatable bonds is 57. The van der Waals surface area contributed by atoms with Gasteiger partial charge in [0.25, 0.3) is 0 Å². The van der Waals surface area contributed by atoms with Gasteiger partial charge in [0, 0.05) is 41.5 Å². The van der Waals surface area contributed by atoms with Crippen LogP contribution in [-0.4, -0.2) is 282 Å². The molecule has 26 heteroatoms. The number of carbonyl (C=O) groups excluding carboxylic acids is 5. The second-order valence-corrected chi connectivity index (χ2v) is 23.0. The summed E-state index contributed by atoms with van der Waals surface area (Å²) in [6.07, 6.45) is -0.878. The molecule has 1 fully saturated rings. The van der Waals surface area contributed by atoms with Gasteiger partial charge in [-0.2, -0.15) is 0 Å². The van der Waals surface area contributed by atoms with Crippen molar-refractivity contribution in [2.75, 3.05) is 200 Å². The molecule has 0 spiro atoms. The van der Waals surface area contributed by atoms with E-state index in [2.05, 4.69) is 21.3 Å². The molecule has 0 radical (unpaired) electrons. The fraction of sp³-hybridized carbons (Fsp3) is 0.831. The van der Waals surface area contributed by atoms with Gasteiger partial charge in [-0.3, -0.25) is 19.2 Å². The Morgan fingerprint density at radius 2 is 1.01 bits per heavy atom. The molecule has 91 heavy (non-hydrogen) atoms. The van der Waals surface area contributed by atoms with Gasteiger partial charge < -0.3 is 102 Å². The zero-order valence-corrected chi connectivity index (χ0v) is 57.4. The highest BCUT2D eigenvalue weighted by molar-refractivity contribution is 5.90. The van der Waals surface area contributed by atoms with Crippen LogP contribution in [0.3, 0.4) is 0 Å². The van der Waals surface area contributed by atoms with E-state index >= 15 is 0 Å². The second kappa shape index (κ2) is 52.1. The Hall–Kier alpha value is -4.23. The van der Waals surface area contributed by atoms with Crippen molar-refractivity contribution in [2.24, 2.45) is 23.7 Å². The minimum atomic E-state index is -0.850. The predicted octanol–water partition coefficient (Wildman–Crippen LogP) is 4.09. The van der Waals surface area contributed by atoms with Crippen LogP contribution in [-0.2, 0) is 90.2 Å². The van der Waals surface area contributed by atoms with Crippen LogP contribution < -0.4 is 21.3 Å². The van der Waals surface area contributed by atoms with E-state index in [4.69, 9.17) is 71.1 Å². The highest BCUT2D eigenvalue weighted by atomic mass is 16.6. The number of alkyl carbamates (subject to hydrolysis) is 1. The number of nitrogens with one attached hydrogen (secondary N) is 4. The van der Waals surface area contributed by atoms with Gasteiger partial charge in [0.2, 0.25) is 23.6 Å². The maximum atomic E-state index is 14.5. The van der Waals surface area contributed by atoms with Gasteiger partial charge in [-0.25, -0.2) is 4.79 Å². The summed E-state index contributed by atoms with van der Waals surface area (Å²) in [5.41, 5.74) is 0.683. The van der Waals surface area contributed by atoms with E-state index in [-0.39, 0.29) is 61.0 Å². The van der Waals surface area contributed by atoms with Crippen molar-refractivity contribution in [1.82, 2.24) is 31.1 Å². The van der Waals surface area contributed by atoms with Crippen LogP contribution in [0.4, 0.5) is 4.79 Å². The van der Waals surface area contributed by atoms with Gasteiger partial charge in [0.05, 0.1) is 201 Å². The number of amides is 5. The van der Waals surface area contributed by atoms with Crippen molar-refractivity contribution in [2.45, 2.75) is 130 Å². The fourth-order valence-electron chi connectivity index (χ4n) is 10.4. The van der Waals surface area contributed by atoms with Crippen molar-refractivity contribution in [3.63, 3.8) is 0 Å². The summed E-state index contributed by atoms with van der Waals surface area (Å²) in [5, 5.41) is 11.9. The summed E-state index contributed by atoms with van der Waals surface area (Å²) in [4.78, 5) is 72.9. The normalized spacial score (nSPS) is 16.4. The number of likely N-dealkylation sites (N-methyl/N-ethyl adjacent to an activating group) is 2. The molecule has 0 bridgehead atoms. The number of hydrogen-bond acceptors (Lipinski definition) is 21. The average molecular weight is 1300 g/mol. The number of hydrogen-bond donors (Lipinski definition) is 4. The van der Waals surface area contributed by atoms with E-state index < -0.39 is 60.5 Å². The van der Waals surface area contributed by atoms with Gasteiger partial charge in [-0.1, -0.05) is 85.2 Å². The maximum absolute atomic E-state index is 14.5. The molecule has 10 atom stereocenters. The Bertz CT molecular complexity index is 2020. The molecule has 5 amide bonds. The number of methoxy groups -OCH3 is 3. The van der Waals surface area contributed by atoms with Gasteiger partial charge in [0.1, 0.15) is 12.1 Å². The lowest BCUT2D eigenvalue weighted by atomic mass is 9.89. The van der Waals surface area contributed by atoms with Gasteiger partial charge in [-0.05, 0) is 50.1 Å². The molecule has 1 aliphatic heterocycles. The number of ether oxygens (including phenoxy) is 15. The summed E-state index contributed by atoms with van der Waals surface area (Å²) in [6.45, 7) is 26.3. The topological polar surface area (TPSA) is 278 Å². The van der Waals surface area contributed by atoms with Crippen molar-refractivity contribution in [3.05, 3.63) is 35.9 Å². The average Bonchev–Trinajstić information content (AvgIpc) is 1.86. The summed E-state index contributed by atoms with van der Waals surface area (Å²) in [6, 6.07) is 6.30. The molecule has 1 aliphatic rings. The second-order valence-electron chi connectivity index (χ2n) is 23.0. The number of nitrogens with zero attached hydrogens (tertiary/aromatic N) is 2. The molecule has 0 unspecified atom stereocenters. The van der Waals surface area contributed by atoms with Gasteiger partial charge in [-0.15, -0.1) is 0 Å². The quantitative estimate of drug-likeness (QED) is 0.0669. The van der Waals surface area contributed by atoms with Crippen LogP contribution >= 0.6 is 0 Å². The smallest absolute Gasteiger partial charge is 0.407 e. The van der Waals surface area contributed by atoms with E-state index in [0.717, 1.165) is 0 Å². The summed E-state index contributed by atoms with van der Waals surface area (Å²) in [7, 11) is 8.16. The Kier molecular flexibility index (Phi) is 47.4. The fourth-order valence-corrected chi connectivity index (χ4v) is 10.4. The van der Waals surface area contributed by atoms with Crippen molar-refractivity contribution in [1.29, 1.82) is 0 Å². The molecule has 0 aliphatic carbocycles. The van der Waals surface area contributed by atoms with E-state index in [1.54, 1.807) is 52.0 Å². The zero-order chi connectivity index (χ0) is 67.0. The first kappa shape index (κ1) is 82.9. The third-order valence-electron chi connectivity index (χ3n) is 15.6. The molecule has 0 saturated carbocycles. The van der Waals surface area contributed by atoms with E-state index in [1.165, 1.54) is 7.11 Å². The first-order valence-electron chi connectivity index (χ1n) is 32.7. The Morgan fingerprint density at radius 1 is 0.571 bits per heavy atom.